The van der Waals surface area contributed by atoms with Gasteiger partial charge in [-0.05, 0) is 19.9 Å². The number of rotatable bonds is 4. The van der Waals surface area contributed by atoms with Crippen molar-refractivity contribution in [2.24, 2.45) is 0 Å². The molecule has 9 heteroatoms. The number of nitro groups is 1. The van der Waals surface area contributed by atoms with E-state index in [0.29, 0.717) is 11.4 Å². The van der Waals surface area contributed by atoms with Crippen LogP contribution in [0.15, 0.2) is 29.4 Å². The van der Waals surface area contributed by atoms with Crippen molar-refractivity contribution in [3.8, 4) is 0 Å². The second kappa shape index (κ2) is 4.93. The summed E-state index contributed by atoms with van der Waals surface area (Å²) >= 11 is 0. The highest BCUT2D eigenvalue weighted by Gasteiger charge is 2.18. The molecule has 0 aliphatic heterocycles. The van der Waals surface area contributed by atoms with Crippen LogP contribution in [0.5, 0.6) is 0 Å². The molecule has 0 saturated carbocycles. The number of H-pyrrole nitrogens is 1. The molecule has 0 bridgehead atoms. The molecule has 0 aliphatic carbocycles. The quantitative estimate of drug-likeness (QED) is 0.658. The standard InChI is InChI=1S/C11H12N4O4S/c1-7-3-4-9(5-10(7)15(16)17)14-20(18,19)11-6-12-8(2)13-11/h3-6,14H,1-2H3,(H,12,13). The molecule has 2 N–H and O–H groups in total. The lowest BCUT2D eigenvalue weighted by molar-refractivity contribution is -0.385. The number of benzene rings is 1. The molecule has 2 aromatic rings. The van der Waals surface area contributed by atoms with Crippen molar-refractivity contribution in [1.29, 1.82) is 0 Å². The highest BCUT2D eigenvalue weighted by molar-refractivity contribution is 7.92. The third-order valence-corrected chi connectivity index (χ3v) is 3.92. The number of aromatic nitrogens is 2. The van der Waals surface area contributed by atoms with E-state index in [4.69, 9.17) is 0 Å². The lowest BCUT2D eigenvalue weighted by Gasteiger charge is -2.06. The Labute approximate surface area is 115 Å². The molecule has 0 aliphatic rings. The smallest absolute Gasteiger partial charge is 0.278 e. The minimum Gasteiger partial charge on any atom is -0.332 e. The van der Waals surface area contributed by atoms with Crippen molar-refractivity contribution >= 4 is 21.4 Å². The van der Waals surface area contributed by atoms with Gasteiger partial charge in [0, 0.05) is 11.6 Å². The Kier molecular flexibility index (Phi) is 3.45. The fourth-order valence-corrected chi connectivity index (χ4v) is 2.64. The van der Waals surface area contributed by atoms with E-state index in [2.05, 4.69) is 14.7 Å². The van der Waals surface area contributed by atoms with Crippen LogP contribution in [0.4, 0.5) is 11.4 Å². The summed E-state index contributed by atoms with van der Waals surface area (Å²) in [5, 5.41) is 10.7. The molecule has 0 amide bonds. The summed E-state index contributed by atoms with van der Waals surface area (Å²) in [5.41, 5.74) is 0.427. The highest BCUT2D eigenvalue weighted by Crippen LogP contribution is 2.24. The molecule has 106 valence electrons. The van der Waals surface area contributed by atoms with Crippen LogP contribution in [0.25, 0.3) is 0 Å². The van der Waals surface area contributed by atoms with Crippen LogP contribution in [0.1, 0.15) is 11.4 Å². The molecule has 0 saturated heterocycles. The summed E-state index contributed by atoms with van der Waals surface area (Å²) in [6.07, 6.45) is 1.18. The van der Waals surface area contributed by atoms with E-state index in [-0.39, 0.29) is 16.4 Å². The molecular weight excluding hydrogens is 284 g/mol. The van der Waals surface area contributed by atoms with Crippen LogP contribution >= 0.6 is 0 Å². The van der Waals surface area contributed by atoms with Crippen molar-refractivity contribution in [3.63, 3.8) is 0 Å². The van der Waals surface area contributed by atoms with Gasteiger partial charge in [0.15, 0.2) is 5.03 Å². The maximum Gasteiger partial charge on any atom is 0.278 e. The molecule has 1 aromatic heterocycles. The molecule has 0 radical (unpaired) electrons. The number of nitrogens with one attached hydrogen (secondary N) is 2. The number of sulfonamides is 1. The number of aromatic amines is 1. The minimum atomic E-state index is -3.84. The van der Waals surface area contributed by atoms with Crippen LogP contribution in [0.2, 0.25) is 0 Å². The second-order valence-electron chi connectivity index (χ2n) is 4.20. The van der Waals surface area contributed by atoms with Crippen LogP contribution < -0.4 is 4.72 Å². The largest absolute Gasteiger partial charge is 0.332 e. The van der Waals surface area contributed by atoms with Gasteiger partial charge in [-0.2, -0.15) is 8.42 Å². The van der Waals surface area contributed by atoms with E-state index in [1.165, 1.54) is 24.4 Å². The van der Waals surface area contributed by atoms with Crippen molar-refractivity contribution in [2.45, 2.75) is 18.9 Å². The van der Waals surface area contributed by atoms with Gasteiger partial charge in [0.1, 0.15) is 5.82 Å². The Morgan fingerprint density at radius 1 is 1.35 bits per heavy atom. The average Bonchev–Trinajstić information content (AvgIpc) is 2.78. The van der Waals surface area contributed by atoms with Crippen LogP contribution in [-0.4, -0.2) is 23.3 Å². The van der Waals surface area contributed by atoms with Crippen molar-refractivity contribution in [2.75, 3.05) is 4.72 Å². The van der Waals surface area contributed by atoms with Gasteiger partial charge in [-0.25, -0.2) is 4.98 Å². The Morgan fingerprint density at radius 3 is 2.60 bits per heavy atom. The number of nitrogens with zero attached hydrogens (tertiary/aromatic N) is 2. The summed E-state index contributed by atoms with van der Waals surface area (Å²) in [7, 11) is -3.84. The normalized spacial score (nSPS) is 11.3. The molecule has 8 nitrogen and oxygen atoms in total. The van der Waals surface area contributed by atoms with Crippen LogP contribution in [-0.2, 0) is 10.0 Å². The third kappa shape index (κ3) is 2.77. The summed E-state index contributed by atoms with van der Waals surface area (Å²) in [4.78, 5) is 16.7. The van der Waals surface area contributed by atoms with E-state index < -0.39 is 14.9 Å². The Bertz CT molecular complexity index is 766. The summed E-state index contributed by atoms with van der Waals surface area (Å²) in [5.74, 6) is 0.459. The van der Waals surface area contributed by atoms with Gasteiger partial charge in [-0.15, -0.1) is 0 Å². The van der Waals surface area contributed by atoms with Gasteiger partial charge in [0.2, 0.25) is 0 Å². The van der Waals surface area contributed by atoms with Crippen molar-refractivity contribution < 1.29 is 13.3 Å². The lowest BCUT2D eigenvalue weighted by atomic mass is 10.2. The lowest BCUT2D eigenvalue weighted by Crippen LogP contribution is -2.13. The molecule has 0 fully saturated rings. The van der Waals surface area contributed by atoms with Gasteiger partial charge >= 0.3 is 0 Å². The second-order valence-corrected chi connectivity index (χ2v) is 5.85. The van der Waals surface area contributed by atoms with Gasteiger partial charge < -0.3 is 4.98 Å². The minimum absolute atomic E-state index is 0.0989. The number of aryl methyl sites for hydroxylation is 2. The van der Waals surface area contributed by atoms with Gasteiger partial charge in [0.05, 0.1) is 16.8 Å². The number of hydrogen-bond donors (Lipinski definition) is 2. The van der Waals surface area contributed by atoms with Crippen LogP contribution in [0.3, 0.4) is 0 Å². The zero-order chi connectivity index (χ0) is 14.9. The predicted molar refractivity (Wildman–Crippen MR) is 72.0 cm³/mol. The molecule has 20 heavy (non-hydrogen) atoms. The summed E-state index contributed by atoms with van der Waals surface area (Å²) in [6, 6.07) is 4.12. The number of imidazole rings is 1. The highest BCUT2D eigenvalue weighted by atomic mass is 32.2. The number of nitro benzene ring substituents is 1. The van der Waals surface area contributed by atoms with E-state index in [1.807, 2.05) is 0 Å². The zero-order valence-corrected chi connectivity index (χ0v) is 11.6. The number of anilines is 1. The first-order chi connectivity index (χ1) is 9.29. The average molecular weight is 296 g/mol. The predicted octanol–water partition coefficient (Wildman–Crippen LogP) is 1.74. The summed E-state index contributed by atoms with van der Waals surface area (Å²) < 4.78 is 26.3. The molecule has 1 aromatic carbocycles. The van der Waals surface area contributed by atoms with E-state index in [9.17, 15) is 18.5 Å². The topological polar surface area (TPSA) is 118 Å². The molecule has 0 spiro atoms. The first kappa shape index (κ1) is 14.0. The molecular formula is C11H12N4O4S. The third-order valence-electron chi connectivity index (χ3n) is 2.63. The number of hydrogen-bond acceptors (Lipinski definition) is 5. The van der Waals surface area contributed by atoms with Gasteiger partial charge in [-0.3, -0.25) is 14.8 Å². The van der Waals surface area contributed by atoms with Crippen molar-refractivity contribution in [1.82, 2.24) is 9.97 Å². The van der Waals surface area contributed by atoms with E-state index in [1.54, 1.807) is 13.8 Å². The fourth-order valence-electron chi connectivity index (χ4n) is 1.61. The zero-order valence-electron chi connectivity index (χ0n) is 10.7. The SMILES string of the molecule is Cc1ncc(S(=O)(=O)Nc2ccc(C)c([N+](=O)[O-])c2)[nH]1. The van der Waals surface area contributed by atoms with E-state index >= 15 is 0 Å². The van der Waals surface area contributed by atoms with E-state index in [0.717, 1.165) is 0 Å². The van der Waals surface area contributed by atoms with Crippen LogP contribution in [0, 0.1) is 24.0 Å². The maximum atomic E-state index is 12.0. The van der Waals surface area contributed by atoms with Gasteiger partial charge in [0.25, 0.3) is 15.7 Å². The maximum absolute atomic E-state index is 12.0. The molecule has 2 rings (SSSR count). The monoisotopic (exact) mass is 296 g/mol. The fraction of sp³-hybridized carbons (Fsp3) is 0.182. The molecule has 0 atom stereocenters. The Balaban J connectivity index is 2.35. The Morgan fingerprint density at radius 2 is 2.05 bits per heavy atom. The van der Waals surface area contributed by atoms with Crippen molar-refractivity contribution in [3.05, 3.63) is 45.9 Å². The molecule has 0 unspecified atom stereocenters. The Hall–Kier alpha value is -2.42. The summed E-state index contributed by atoms with van der Waals surface area (Å²) in [6.45, 7) is 3.20. The van der Waals surface area contributed by atoms with Gasteiger partial charge in [-0.1, -0.05) is 6.07 Å². The first-order valence-corrected chi connectivity index (χ1v) is 7.07. The first-order valence-electron chi connectivity index (χ1n) is 5.59. The molecule has 1 heterocycles.